The van der Waals surface area contributed by atoms with Crippen LogP contribution in [0.25, 0.3) is 0 Å². The Morgan fingerprint density at radius 1 is 1.10 bits per heavy atom. The second kappa shape index (κ2) is 9.92. The number of piperidine rings is 2. The zero-order chi connectivity index (χ0) is 20.1. The van der Waals surface area contributed by atoms with Gasteiger partial charge in [0.1, 0.15) is 11.6 Å². The zero-order valence-corrected chi connectivity index (χ0v) is 18.4. The SMILES string of the molecule is CCNC(=NCCCc1nnc2n1CCCCC2)NC1CC2CCCC(C1)N2C. The van der Waals surface area contributed by atoms with E-state index in [1.54, 1.807) is 0 Å². The molecule has 4 rings (SSSR count). The van der Waals surface area contributed by atoms with Gasteiger partial charge in [0.2, 0.25) is 0 Å². The fourth-order valence-corrected chi connectivity index (χ4v) is 5.41. The van der Waals surface area contributed by atoms with Gasteiger partial charge in [0.15, 0.2) is 5.96 Å². The number of aromatic nitrogens is 3. The molecule has 2 saturated heterocycles. The summed E-state index contributed by atoms with van der Waals surface area (Å²) in [6, 6.07) is 2.03. The summed E-state index contributed by atoms with van der Waals surface area (Å²) in [5.41, 5.74) is 0. The van der Waals surface area contributed by atoms with E-state index in [0.29, 0.717) is 6.04 Å². The van der Waals surface area contributed by atoms with Gasteiger partial charge in [-0.2, -0.15) is 0 Å². The minimum absolute atomic E-state index is 0.548. The first kappa shape index (κ1) is 20.6. The Hall–Kier alpha value is -1.63. The molecule has 2 N–H and O–H groups in total. The lowest BCUT2D eigenvalue weighted by molar-refractivity contribution is 0.0526. The largest absolute Gasteiger partial charge is 0.357 e. The number of nitrogens with one attached hydrogen (secondary N) is 2. The maximum absolute atomic E-state index is 4.87. The van der Waals surface area contributed by atoms with Crippen LogP contribution in [0.4, 0.5) is 0 Å². The number of hydrogen-bond acceptors (Lipinski definition) is 4. The molecule has 2 unspecified atom stereocenters. The van der Waals surface area contributed by atoms with Crippen molar-refractivity contribution in [2.24, 2.45) is 4.99 Å². The number of nitrogens with zero attached hydrogens (tertiary/aromatic N) is 5. The molecule has 2 fully saturated rings. The lowest BCUT2D eigenvalue weighted by atomic mass is 9.82. The highest BCUT2D eigenvalue weighted by Crippen LogP contribution is 2.32. The van der Waals surface area contributed by atoms with Crippen LogP contribution in [-0.4, -0.2) is 63.9 Å². The normalized spacial score (nSPS) is 27.9. The minimum atomic E-state index is 0.548. The van der Waals surface area contributed by atoms with E-state index in [-0.39, 0.29) is 0 Å². The average Bonchev–Trinajstić information content (AvgIpc) is 2.92. The van der Waals surface area contributed by atoms with Crippen LogP contribution in [0.5, 0.6) is 0 Å². The van der Waals surface area contributed by atoms with Gasteiger partial charge in [0.25, 0.3) is 0 Å². The molecule has 4 heterocycles. The average molecular weight is 402 g/mol. The highest BCUT2D eigenvalue weighted by Gasteiger charge is 2.36. The van der Waals surface area contributed by atoms with Gasteiger partial charge in [0.05, 0.1) is 0 Å². The third-order valence-corrected chi connectivity index (χ3v) is 7.04. The van der Waals surface area contributed by atoms with Gasteiger partial charge in [-0.1, -0.05) is 12.8 Å². The summed E-state index contributed by atoms with van der Waals surface area (Å²) in [6.45, 7) is 4.97. The van der Waals surface area contributed by atoms with Crippen LogP contribution in [0, 0.1) is 0 Å². The summed E-state index contributed by atoms with van der Waals surface area (Å²) in [6.07, 6.45) is 13.5. The van der Waals surface area contributed by atoms with Gasteiger partial charge in [-0.25, -0.2) is 0 Å². The van der Waals surface area contributed by atoms with Crippen molar-refractivity contribution in [3.05, 3.63) is 11.6 Å². The first-order chi connectivity index (χ1) is 14.2. The lowest BCUT2D eigenvalue weighted by Gasteiger charge is -2.47. The van der Waals surface area contributed by atoms with Crippen molar-refractivity contribution < 1.29 is 0 Å². The molecule has 162 valence electrons. The molecule has 7 nitrogen and oxygen atoms in total. The topological polar surface area (TPSA) is 70.4 Å². The molecular formula is C22H39N7. The Bertz CT molecular complexity index is 669. The molecule has 0 amide bonds. The number of rotatable bonds is 6. The van der Waals surface area contributed by atoms with Crippen LogP contribution < -0.4 is 10.6 Å². The molecule has 1 aromatic heterocycles. The van der Waals surface area contributed by atoms with Crippen LogP contribution in [-0.2, 0) is 19.4 Å². The molecule has 29 heavy (non-hydrogen) atoms. The summed E-state index contributed by atoms with van der Waals surface area (Å²) < 4.78 is 2.36. The molecule has 2 bridgehead atoms. The Labute approximate surface area is 175 Å². The third kappa shape index (κ3) is 5.11. The summed E-state index contributed by atoms with van der Waals surface area (Å²) in [5.74, 6) is 3.32. The van der Waals surface area contributed by atoms with Crippen LogP contribution in [0.3, 0.4) is 0 Å². The quantitative estimate of drug-likeness (QED) is 0.435. The van der Waals surface area contributed by atoms with E-state index in [9.17, 15) is 0 Å². The summed E-state index contributed by atoms with van der Waals surface area (Å²) >= 11 is 0. The monoisotopic (exact) mass is 401 g/mol. The van der Waals surface area contributed by atoms with Crippen molar-refractivity contribution in [3.63, 3.8) is 0 Å². The molecular weight excluding hydrogens is 362 g/mol. The van der Waals surface area contributed by atoms with E-state index >= 15 is 0 Å². The third-order valence-electron chi connectivity index (χ3n) is 7.04. The maximum Gasteiger partial charge on any atom is 0.191 e. The first-order valence-corrected chi connectivity index (χ1v) is 11.9. The molecule has 0 radical (unpaired) electrons. The predicted molar refractivity (Wildman–Crippen MR) is 117 cm³/mol. The van der Waals surface area contributed by atoms with Gasteiger partial charge in [0, 0.05) is 50.6 Å². The number of guanidine groups is 1. The standard InChI is InChI=1S/C22H39N7/c1-3-23-22(25-17-15-18-9-7-10-19(16-17)28(18)2)24-13-8-12-21-27-26-20-11-5-4-6-14-29(20)21/h17-19H,3-16H2,1-2H3,(H2,23,24,25). The van der Waals surface area contributed by atoms with Crippen LogP contribution in [0.1, 0.15) is 76.4 Å². The van der Waals surface area contributed by atoms with E-state index in [1.165, 1.54) is 57.2 Å². The van der Waals surface area contributed by atoms with Crippen molar-refractivity contribution in [1.29, 1.82) is 0 Å². The molecule has 2 atom stereocenters. The molecule has 0 saturated carbocycles. The summed E-state index contributed by atoms with van der Waals surface area (Å²) in [5, 5.41) is 16.1. The zero-order valence-electron chi connectivity index (χ0n) is 18.4. The maximum atomic E-state index is 4.87. The van der Waals surface area contributed by atoms with E-state index < -0.39 is 0 Å². The van der Waals surface area contributed by atoms with Gasteiger partial charge >= 0.3 is 0 Å². The van der Waals surface area contributed by atoms with Crippen molar-refractivity contribution in [3.8, 4) is 0 Å². The Morgan fingerprint density at radius 3 is 2.72 bits per heavy atom. The number of aliphatic imine (C=N–C) groups is 1. The van der Waals surface area contributed by atoms with E-state index in [4.69, 9.17) is 4.99 Å². The fraction of sp³-hybridized carbons (Fsp3) is 0.864. The van der Waals surface area contributed by atoms with Crippen LogP contribution in [0.2, 0.25) is 0 Å². The molecule has 0 aliphatic carbocycles. The molecule has 3 aliphatic heterocycles. The highest BCUT2D eigenvalue weighted by molar-refractivity contribution is 5.80. The minimum Gasteiger partial charge on any atom is -0.357 e. The highest BCUT2D eigenvalue weighted by atomic mass is 15.3. The van der Waals surface area contributed by atoms with Crippen LogP contribution >= 0.6 is 0 Å². The Morgan fingerprint density at radius 2 is 1.93 bits per heavy atom. The van der Waals surface area contributed by atoms with Gasteiger partial charge in [-0.3, -0.25) is 4.99 Å². The number of fused-ring (bicyclic) bond motifs is 3. The molecule has 1 aromatic rings. The number of aryl methyl sites for hydroxylation is 2. The molecule has 7 heteroatoms. The Kier molecular flexibility index (Phi) is 7.06. The summed E-state index contributed by atoms with van der Waals surface area (Å²) in [4.78, 5) is 7.49. The predicted octanol–water partition coefficient (Wildman–Crippen LogP) is 2.51. The van der Waals surface area contributed by atoms with Gasteiger partial charge < -0.3 is 20.1 Å². The second-order valence-electron chi connectivity index (χ2n) is 9.08. The van der Waals surface area contributed by atoms with Crippen molar-refractivity contribution in [1.82, 2.24) is 30.3 Å². The van der Waals surface area contributed by atoms with Gasteiger partial charge in [-0.05, 0) is 58.9 Å². The van der Waals surface area contributed by atoms with Gasteiger partial charge in [-0.15, -0.1) is 10.2 Å². The first-order valence-electron chi connectivity index (χ1n) is 11.9. The Balaban J connectivity index is 1.28. The van der Waals surface area contributed by atoms with Crippen LogP contribution in [0.15, 0.2) is 4.99 Å². The van der Waals surface area contributed by atoms with Crippen molar-refractivity contribution in [2.45, 2.75) is 102 Å². The fourth-order valence-electron chi connectivity index (χ4n) is 5.41. The van der Waals surface area contributed by atoms with Crippen molar-refractivity contribution >= 4 is 5.96 Å². The second-order valence-corrected chi connectivity index (χ2v) is 9.08. The number of hydrogen-bond donors (Lipinski definition) is 2. The molecule has 0 spiro atoms. The van der Waals surface area contributed by atoms with E-state index in [1.807, 2.05) is 0 Å². The lowest BCUT2D eigenvalue weighted by Crippen LogP contribution is -2.56. The van der Waals surface area contributed by atoms with Crippen molar-refractivity contribution in [2.75, 3.05) is 20.1 Å². The smallest absolute Gasteiger partial charge is 0.191 e. The van der Waals surface area contributed by atoms with E-state index in [2.05, 4.69) is 44.3 Å². The van der Waals surface area contributed by atoms with E-state index in [0.717, 1.165) is 62.8 Å². The summed E-state index contributed by atoms with van der Waals surface area (Å²) in [7, 11) is 2.31. The molecule has 0 aromatic carbocycles. The molecule has 3 aliphatic rings.